The van der Waals surface area contributed by atoms with Gasteiger partial charge in [0.05, 0.1) is 15.6 Å². The van der Waals surface area contributed by atoms with Gasteiger partial charge in [0.25, 0.3) is 5.69 Å². The second kappa shape index (κ2) is 4.05. The number of hydrogen-bond donors (Lipinski definition) is 0. The van der Waals surface area contributed by atoms with Crippen LogP contribution in [0, 0.1) is 10.1 Å². The summed E-state index contributed by atoms with van der Waals surface area (Å²) in [7, 11) is -3.64. The van der Waals surface area contributed by atoms with Crippen molar-refractivity contribution in [3.05, 3.63) is 33.9 Å². The van der Waals surface area contributed by atoms with Crippen LogP contribution in [0.1, 0.15) is 18.6 Å². The number of nitro benzene ring substituents is 1. The van der Waals surface area contributed by atoms with Crippen molar-refractivity contribution < 1.29 is 22.9 Å². The summed E-state index contributed by atoms with van der Waals surface area (Å²) in [5.74, 6) is -0.968. The average Bonchev–Trinajstić information content (AvgIpc) is 2.49. The van der Waals surface area contributed by atoms with Crippen LogP contribution in [0.25, 0.3) is 0 Å². The third-order valence-electron chi connectivity index (χ3n) is 2.57. The van der Waals surface area contributed by atoms with E-state index in [1.165, 1.54) is 19.1 Å². The van der Waals surface area contributed by atoms with Crippen molar-refractivity contribution in [3.63, 3.8) is 0 Å². The van der Waals surface area contributed by atoms with E-state index in [0.29, 0.717) is 0 Å². The fourth-order valence-corrected chi connectivity index (χ4v) is 3.53. The molecule has 0 radical (unpaired) electrons. The van der Waals surface area contributed by atoms with Crippen molar-refractivity contribution in [1.29, 1.82) is 0 Å². The number of carbonyl (C=O) groups excluding carboxylic acids is 1. The van der Waals surface area contributed by atoms with Crippen molar-refractivity contribution in [2.24, 2.45) is 0 Å². The molecule has 1 heterocycles. The van der Waals surface area contributed by atoms with Gasteiger partial charge in [-0.05, 0) is 6.07 Å². The van der Waals surface area contributed by atoms with Crippen LogP contribution in [0.4, 0.5) is 5.69 Å². The number of carbonyl (C=O) groups is 1. The lowest BCUT2D eigenvalue weighted by molar-refractivity contribution is -0.385. The zero-order chi connectivity index (χ0) is 13.5. The Hall–Kier alpha value is -1.96. The first-order valence-corrected chi connectivity index (χ1v) is 6.65. The van der Waals surface area contributed by atoms with E-state index in [0.717, 1.165) is 6.07 Å². The summed E-state index contributed by atoms with van der Waals surface area (Å²) in [6.07, 6.45) is -0.886. The van der Waals surface area contributed by atoms with Crippen molar-refractivity contribution >= 4 is 21.5 Å². The quantitative estimate of drug-likeness (QED) is 0.451. The summed E-state index contributed by atoms with van der Waals surface area (Å²) in [5.41, 5.74) is -0.0170. The number of nitro groups is 1. The molecule has 0 aliphatic carbocycles. The van der Waals surface area contributed by atoms with Gasteiger partial charge in [-0.1, -0.05) is 0 Å². The second-order valence-corrected chi connectivity index (χ2v) is 5.86. The molecule has 0 saturated heterocycles. The first kappa shape index (κ1) is 12.5. The molecule has 1 atom stereocenters. The van der Waals surface area contributed by atoms with Gasteiger partial charge in [-0.2, -0.15) is 0 Å². The van der Waals surface area contributed by atoms with Gasteiger partial charge >= 0.3 is 5.97 Å². The minimum absolute atomic E-state index is 0.136. The molecule has 96 valence electrons. The smallest absolute Gasteiger partial charge is 0.303 e. The molecule has 1 aliphatic rings. The Morgan fingerprint density at radius 2 is 2.17 bits per heavy atom. The van der Waals surface area contributed by atoms with Gasteiger partial charge in [0.1, 0.15) is 6.10 Å². The zero-order valence-electron chi connectivity index (χ0n) is 9.32. The molecule has 7 nitrogen and oxygen atoms in total. The maximum atomic E-state index is 11.8. The van der Waals surface area contributed by atoms with Crippen LogP contribution in [-0.4, -0.2) is 25.1 Å². The molecule has 1 unspecified atom stereocenters. The highest BCUT2D eigenvalue weighted by Gasteiger charge is 2.37. The summed E-state index contributed by atoms with van der Waals surface area (Å²) in [4.78, 5) is 20.7. The molecule has 0 amide bonds. The Morgan fingerprint density at radius 3 is 2.72 bits per heavy atom. The fraction of sp³-hybridized carbons (Fsp3) is 0.300. The standard InChI is InChI=1S/C10H9NO6S/c1-6(12)17-9-5-18(15,16)10-4-7(11(13)14)2-3-8(9)10/h2-4,9H,5H2,1H3. The van der Waals surface area contributed by atoms with Crippen molar-refractivity contribution in [3.8, 4) is 0 Å². The van der Waals surface area contributed by atoms with Crippen LogP contribution in [0.2, 0.25) is 0 Å². The third kappa shape index (κ3) is 2.06. The molecular formula is C10H9NO6S. The SMILES string of the molecule is CC(=O)OC1CS(=O)(=O)c2cc([N+](=O)[O-])ccc21. The van der Waals surface area contributed by atoms with E-state index in [1.54, 1.807) is 0 Å². The summed E-state index contributed by atoms with van der Waals surface area (Å²) in [5, 5.41) is 10.6. The van der Waals surface area contributed by atoms with E-state index in [9.17, 15) is 23.3 Å². The number of non-ortho nitro benzene ring substituents is 1. The second-order valence-electron chi connectivity index (χ2n) is 3.86. The fourth-order valence-electron chi connectivity index (χ4n) is 1.85. The molecule has 2 rings (SSSR count). The van der Waals surface area contributed by atoms with Crippen LogP contribution in [0.15, 0.2) is 23.1 Å². The van der Waals surface area contributed by atoms with Crippen molar-refractivity contribution in [1.82, 2.24) is 0 Å². The van der Waals surface area contributed by atoms with Crippen molar-refractivity contribution in [2.45, 2.75) is 17.9 Å². The molecule has 1 aromatic carbocycles. The third-order valence-corrected chi connectivity index (χ3v) is 4.33. The Bertz CT molecular complexity index is 636. The van der Waals surface area contributed by atoms with Crippen LogP contribution < -0.4 is 0 Å². The van der Waals surface area contributed by atoms with E-state index >= 15 is 0 Å². The van der Waals surface area contributed by atoms with E-state index in [1.807, 2.05) is 0 Å². The molecular weight excluding hydrogens is 262 g/mol. The van der Waals surface area contributed by atoms with Crippen LogP contribution in [0.5, 0.6) is 0 Å². The van der Waals surface area contributed by atoms with Gasteiger partial charge in [0, 0.05) is 24.6 Å². The highest BCUT2D eigenvalue weighted by molar-refractivity contribution is 7.91. The maximum Gasteiger partial charge on any atom is 0.303 e. The first-order chi connectivity index (χ1) is 8.31. The lowest BCUT2D eigenvalue weighted by atomic mass is 10.1. The molecule has 8 heteroatoms. The molecule has 0 aromatic heterocycles. The van der Waals surface area contributed by atoms with Gasteiger partial charge < -0.3 is 4.74 Å². The number of ether oxygens (including phenoxy) is 1. The van der Waals surface area contributed by atoms with E-state index in [2.05, 4.69) is 0 Å². The lowest BCUT2D eigenvalue weighted by Crippen LogP contribution is -2.10. The molecule has 0 spiro atoms. The Morgan fingerprint density at radius 1 is 1.50 bits per heavy atom. The lowest BCUT2D eigenvalue weighted by Gasteiger charge is -2.09. The predicted molar refractivity (Wildman–Crippen MR) is 59.7 cm³/mol. The van der Waals surface area contributed by atoms with Crippen LogP contribution in [-0.2, 0) is 19.4 Å². The Kier molecular flexibility index (Phi) is 2.81. The number of esters is 1. The molecule has 18 heavy (non-hydrogen) atoms. The monoisotopic (exact) mass is 271 g/mol. The Balaban J connectivity index is 2.53. The van der Waals surface area contributed by atoms with Crippen LogP contribution in [0.3, 0.4) is 0 Å². The first-order valence-electron chi connectivity index (χ1n) is 4.99. The molecule has 0 bridgehead atoms. The number of fused-ring (bicyclic) bond motifs is 1. The highest BCUT2D eigenvalue weighted by atomic mass is 32.2. The molecule has 0 fully saturated rings. The van der Waals surface area contributed by atoms with E-state index in [-0.39, 0.29) is 21.9 Å². The minimum atomic E-state index is -3.64. The number of rotatable bonds is 2. The van der Waals surface area contributed by atoms with Gasteiger partial charge in [0.15, 0.2) is 9.84 Å². The van der Waals surface area contributed by atoms with Gasteiger partial charge in [-0.25, -0.2) is 8.42 Å². The van der Waals surface area contributed by atoms with E-state index < -0.39 is 26.8 Å². The predicted octanol–water partition coefficient (Wildman–Crippen LogP) is 0.986. The summed E-state index contributed by atoms with van der Waals surface area (Å²) in [6.45, 7) is 1.18. The zero-order valence-corrected chi connectivity index (χ0v) is 10.1. The van der Waals surface area contributed by atoms with E-state index in [4.69, 9.17) is 4.74 Å². The number of nitrogens with zero attached hydrogens (tertiary/aromatic N) is 1. The van der Waals surface area contributed by atoms with Gasteiger partial charge in [0.2, 0.25) is 0 Å². The number of benzene rings is 1. The minimum Gasteiger partial charge on any atom is -0.457 e. The molecule has 1 aromatic rings. The maximum absolute atomic E-state index is 11.8. The van der Waals surface area contributed by atoms with Crippen molar-refractivity contribution in [2.75, 3.05) is 5.75 Å². The highest BCUT2D eigenvalue weighted by Crippen LogP contribution is 2.37. The topological polar surface area (TPSA) is 104 Å². The molecule has 0 saturated carbocycles. The summed E-state index contributed by atoms with van der Waals surface area (Å²) < 4.78 is 28.5. The summed E-state index contributed by atoms with van der Waals surface area (Å²) >= 11 is 0. The Labute approximate surface area is 102 Å². The molecule has 1 aliphatic heterocycles. The van der Waals surface area contributed by atoms with Gasteiger partial charge in [-0.3, -0.25) is 14.9 Å². The average molecular weight is 271 g/mol. The number of hydrogen-bond acceptors (Lipinski definition) is 6. The molecule has 0 N–H and O–H groups in total. The van der Waals surface area contributed by atoms with Crippen LogP contribution >= 0.6 is 0 Å². The number of sulfone groups is 1. The largest absolute Gasteiger partial charge is 0.457 e. The van der Waals surface area contributed by atoms with Gasteiger partial charge in [-0.15, -0.1) is 0 Å². The normalized spacial score (nSPS) is 20.2. The summed E-state index contributed by atoms with van der Waals surface area (Å²) in [6, 6.07) is 3.50.